The summed E-state index contributed by atoms with van der Waals surface area (Å²) in [6.07, 6.45) is 1.44. The zero-order chi connectivity index (χ0) is 22.6. The molecule has 1 N–H and O–H groups in total. The van der Waals surface area contributed by atoms with Crippen LogP contribution in [0.25, 0.3) is 11.4 Å². The van der Waals surface area contributed by atoms with Crippen LogP contribution in [0.4, 0.5) is 0 Å². The lowest BCUT2D eigenvalue weighted by Crippen LogP contribution is -2.38. The molecule has 0 aliphatic carbocycles. The molecule has 0 unspecified atom stereocenters. The first-order chi connectivity index (χ1) is 16.2. The Morgan fingerprint density at radius 1 is 0.848 bits per heavy atom. The molecule has 0 saturated heterocycles. The molecular formula is C28H27N3O2. The van der Waals surface area contributed by atoms with Gasteiger partial charge in [-0.25, -0.2) is 4.98 Å². The van der Waals surface area contributed by atoms with E-state index in [9.17, 15) is 9.90 Å². The fraction of sp³-hybridized carbons (Fsp3) is 0.214. The molecule has 1 aliphatic heterocycles. The van der Waals surface area contributed by atoms with E-state index in [1.165, 1.54) is 5.56 Å². The van der Waals surface area contributed by atoms with Crippen LogP contribution in [0.15, 0.2) is 89.7 Å². The monoisotopic (exact) mass is 437 g/mol. The topological polar surface area (TPSA) is 58.4 Å². The zero-order valence-corrected chi connectivity index (χ0v) is 18.5. The van der Waals surface area contributed by atoms with Crippen LogP contribution in [-0.2, 0) is 32.5 Å². The molecular weight excluding hydrogens is 410 g/mol. The summed E-state index contributed by atoms with van der Waals surface area (Å²) in [4.78, 5) is 21.0. The van der Waals surface area contributed by atoms with Crippen molar-refractivity contribution in [2.75, 3.05) is 6.54 Å². The Morgan fingerprint density at radius 2 is 1.52 bits per heavy atom. The Morgan fingerprint density at radius 3 is 2.24 bits per heavy atom. The first kappa shape index (κ1) is 21.2. The fourth-order valence-electron chi connectivity index (χ4n) is 4.51. The molecule has 5 heteroatoms. The second-order valence-electron chi connectivity index (χ2n) is 8.52. The number of aromatic nitrogens is 2. The molecule has 4 aromatic rings. The number of para-hydroxylation sites is 1. The maximum atomic E-state index is 13.8. The predicted molar refractivity (Wildman–Crippen MR) is 130 cm³/mol. The Labute approximate surface area is 193 Å². The number of phenols is 1. The normalized spacial score (nSPS) is 13.6. The number of fused-ring (bicyclic) bond motifs is 1. The summed E-state index contributed by atoms with van der Waals surface area (Å²) in [6.45, 7) is 2.75. The van der Waals surface area contributed by atoms with Crippen LogP contribution < -0.4 is 5.56 Å². The molecule has 0 amide bonds. The van der Waals surface area contributed by atoms with E-state index in [1.54, 1.807) is 16.7 Å². The summed E-state index contributed by atoms with van der Waals surface area (Å²) in [5.41, 5.74) is 4.60. The van der Waals surface area contributed by atoms with Crippen molar-refractivity contribution in [3.8, 4) is 17.1 Å². The third-order valence-corrected chi connectivity index (χ3v) is 6.26. The highest BCUT2D eigenvalue weighted by molar-refractivity contribution is 5.64. The minimum Gasteiger partial charge on any atom is -0.507 e. The highest BCUT2D eigenvalue weighted by Crippen LogP contribution is 2.28. The fourth-order valence-corrected chi connectivity index (χ4v) is 4.51. The minimum absolute atomic E-state index is 0.00746. The lowest BCUT2D eigenvalue weighted by molar-refractivity contribution is 0.241. The lowest BCUT2D eigenvalue weighted by Gasteiger charge is -2.29. The van der Waals surface area contributed by atoms with Crippen LogP contribution in [0.5, 0.6) is 5.75 Å². The number of rotatable bonds is 6. The number of phenolic OH excluding ortho intramolecular Hbond substituents is 1. The largest absolute Gasteiger partial charge is 0.507 e. The maximum Gasteiger partial charge on any atom is 0.258 e. The summed E-state index contributed by atoms with van der Waals surface area (Å²) in [5, 5.41) is 10.5. The summed E-state index contributed by atoms with van der Waals surface area (Å²) < 4.78 is 1.74. The molecule has 1 aliphatic rings. The van der Waals surface area contributed by atoms with E-state index in [4.69, 9.17) is 4.98 Å². The molecule has 2 heterocycles. The standard InChI is InChI=1S/C28H27N3O2/c32-26-14-8-7-13-23(26)27-29-25-16-17-30(19-22-11-5-2-6-12-22)20-24(25)28(33)31(27)18-15-21-9-3-1-4-10-21/h1-14,32H,15-20H2. The van der Waals surface area contributed by atoms with Crippen LogP contribution >= 0.6 is 0 Å². The van der Waals surface area contributed by atoms with Gasteiger partial charge in [0, 0.05) is 32.6 Å². The third kappa shape index (κ3) is 4.59. The first-order valence-corrected chi connectivity index (χ1v) is 11.4. The van der Waals surface area contributed by atoms with Crippen molar-refractivity contribution in [2.24, 2.45) is 0 Å². The summed E-state index contributed by atoms with van der Waals surface area (Å²) >= 11 is 0. The lowest BCUT2D eigenvalue weighted by atomic mass is 10.0. The molecule has 0 atom stereocenters. The molecule has 1 aromatic heterocycles. The van der Waals surface area contributed by atoms with Gasteiger partial charge in [0.15, 0.2) is 0 Å². The van der Waals surface area contributed by atoms with Crippen LogP contribution in [0, 0.1) is 0 Å². The van der Waals surface area contributed by atoms with Gasteiger partial charge in [0.05, 0.1) is 16.8 Å². The van der Waals surface area contributed by atoms with Gasteiger partial charge in [-0.3, -0.25) is 14.3 Å². The van der Waals surface area contributed by atoms with Gasteiger partial charge in [-0.2, -0.15) is 0 Å². The van der Waals surface area contributed by atoms with Crippen LogP contribution in [0.2, 0.25) is 0 Å². The molecule has 0 bridgehead atoms. The molecule has 0 saturated carbocycles. The quantitative estimate of drug-likeness (QED) is 0.485. The summed E-state index contributed by atoms with van der Waals surface area (Å²) in [7, 11) is 0. The second-order valence-corrected chi connectivity index (χ2v) is 8.52. The van der Waals surface area contributed by atoms with E-state index in [0.717, 1.165) is 42.8 Å². The van der Waals surface area contributed by atoms with Gasteiger partial charge in [0.25, 0.3) is 5.56 Å². The van der Waals surface area contributed by atoms with Gasteiger partial charge in [-0.1, -0.05) is 72.8 Å². The van der Waals surface area contributed by atoms with Crippen LogP contribution in [0.3, 0.4) is 0 Å². The Hall–Kier alpha value is -3.70. The molecule has 5 nitrogen and oxygen atoms in total. The van der Waals surface area contributed by atoms with E-state index in [-0.39, 0.29) is 11.3 Å². The molecule has 0 radical (unpaired) electrons. The molecule has 166 valence electrons. The van der Waals surface area contributed by atoms with Gasteiger partial charge in [-0.05, 0) is 29.7 Å². The molecule has 0 fully saturated rings. The highest BCUT2D eigenvalue weighted by Gasteiger charge is 2.25. The molecule has 5 rings (SSSR count). The Kier molecular flexibility index (Phi) is 6.05. The van der Waals surface area contributed by atoms with Gasteiger partial charge < -0.3 is 5.11 Å². The smallest absolute Gasteiger partial charge is 0.258 e. The van der Waals surface area contributed by atoms with Gasteiger partial charge in [0.1, 0.15) is 11.6 Å². The van der Waals surface area contributed by atoms with Gasteiger partial charge in [0.2, 0.25) is 0 Å². The van der Waals surface area contributed by atoms with E-state index in [1.807, 2.05) is 48.5 Å². The summed E-state index contributed by atoms with van der Waals surface area (Å²) in [5.74, 6) is 0.684. The Balaban J connectivity index is 1.52. The second kappa shape index (κ2) is 9.43. The van der Waals surface area contributed by atoms with Crippen molar-refractivity contribution >= 4 is 0 Å². The van der Waals surface area contributed by atoms with E-state index in [2.05, 4.69) is 29.2 Å². The maximum absolute atomic E-state index is 13.8. The SMILES string of the molecule is O=c1c2c(nc(-c3ccccc3O)n1CCc1ccccc1)CCN(Cc1ccccc1)C2. The van der Waals surface area contributed by atoms with Crippen molar-refractivity contribution < 1.29 is 5.11 Å². The third-order valence-electron chi connectivity index (χ3n) is 6.26. The van der Waals surface area contributed by atoms with Crippen molar-refractivity contribution in [2.45, 2.75) is 32.5 Å². The highest BCUT2D eigenvalue weighted by atomic mass is 16.3. The number of benzene rings is 3. The van der Waals surface area contributed by atoms with E-state index in [0.29, 0.717) is 24.5 Å². The summed E-state index contributed by atoms with van der Waals surface area (Å²) in [6, 6.07) is 27.6. The molecule has 33 heavy (non-hydrogen) atoms. The number of hydrogen-bond acceptors (Lipinski definition) is 4. The van der Waals surface area contributed by atoms with Crippen molar-refractivity contribution in [3.05, 3.63) is 118 Å². The predicted octanol–water partition coefficient (Wildman–Crippen LogP) is 4.42. The number of aryl methyl sites for hydroxylation is 1. The molecule has 3 aromatic carbocycles. The number of hydrogen-bond donors (Lipinski definition) is 1. The zero-order valence-electron chi connectivity index (χ0n) is 18.5. The van der Waals surface area contributed by atoms with Crippen LogP contribution in [-0.4, -0.2) is 26.1 Å². The first-order valence-electron chi connectivity index (χ1n) is 11.4. The van der Waals surface area contributed by atoms with Crippen molar-refractivity contribution in [1.82, 2.24) is 14.5 Å². The van der Waals surface area contributed by atoms with Crippen molar-refractivity contribution in [3.63, 3.8) is 0 Å². The van der Waals surface area contributed by atoms with Gasteiger partial charge >= 0.3 is 0 Å². The van der Waals surface area contributed by atoms with Crippen molar-refractivity contribution in [1.29, 1.82) is 0 Å². The minimum atomic E-state index is -0.00746. The Bertz CT molecular complexity index is 1300. The van der Waals surface area contributed by atoms with E-state index < -0.39 is 0 Å². The van der Waals surface area contributed by atoms with E-state index >= 15 is 0 Å². The number of aromatic hydroxyl groups is 1. The van der Waals surface area contributed by atoms with Gasteiger partial charge in [-0.15, -0.1) is 0 Å². The number of nitrogens with zero attached hydrogens (tertiary/aromatic N) is 3. The van der Waals surface area contributed by atoms with Crippen LogP contribution in [0.1, 0.15) is 22.4 Å². The molecule has 0 spiro atoms. The average molecular weight is 438 g/mol. The average Bonchev–Trinajstić information content (AvgIpc) is 2.85.